The Bertz CT molecular complexity index is 1090. The molecule has 0 aliphatic heterocycles. The normalized spacial score (nSPS) is 10.9. The van der Waals surface area contributed by atoms with Crippen LogP contribution in [0.25, 0.3) is 21.9 Å². The van der Waals surface area contributed by atoms with E-state index in [0.29, 0.717) is 17.3 Å². The zero-order valence-corrected chi connectivity index (χ0v) is 14.7. The quantitative estimate of drug-likeness (QED) is 0.538. The summed E-state index contributed by atoms with van der Waals surface area (Å²) < 4.78 is 0. The number of anilines is 1. The number of aromatic nitrogens is 2. The summed E-state index contributed by atoms with van der Waals surface area (Å²) in [7, 11) is 0. The lowest BCUT2D eigenvalue weighted by Crippen LogP contribution is -2.08. The molecule has 0 spiro atoms. The number of hydrogen-bond donors (Lipinski definition) is 2. The topological polar surface area (TPSA) is 57.8 Å². The minimum atomic E-state index is -0.241. The second-order valence-electron chi connectivity index (χ2n) is 5.67. The van der Waals surface area contributed by atoms with E-state index in [4.69, 9.17) is 11.6 Å². The van der Waals surface area contributed by atoms with Crippen LogP contribution in [0.2, 0.25) is 5.15 Å². The second-order valence-corrected chi connectivity index (χ2v) is 6.81. The second kappa shape index (κ2) is 6.70. The molecule has 6 heteroatoms. The van der Waals surface area contributed by atoms with Gasteiger partial charge in [0.1, 0.15) is 0 Å². The lowest BCUT2D eigenvalue weighted by Gasteiger charge is -2.09. The number of thiophene rings is 1. The van der Waals surface area contributed by atoms with E-state index in [1.807, 2.05) is 12.1 Å². The molecule has 0 fully saturated rings. The molecule has 4 nitrogen and oxygen atoms in total. The average molecular weight is 368 g/mol. The third-order valence-electron chi connectivity index (χ3n) is 4.02. The number of benzene rings is 2. The highest BCUT2D eigenvalue weighted by atomic mass is 35.5. The molecule has 0 radical (unpaired) electrons. The van der Waals surface area contributed by atoms with Gasteiger partial charge >= 0.3 is 0 Å². The molecule has 0 atom stereocenters. The number of aromatic amines is 1. The molecule has 4 rings (SSSR count). The molecule has 2 aromatic carbocycles. The van der Waals surface area contributed by atoms with Crippen LogP contribution in [0.3, 0.4) is 0 Å². The average Bonchev–Trinajstić information content (AvgIpc) is 3.18. The molecular formula is C19H14ClN3OS. The highest BCUT2D eigenvalue weighted by Gasteiger charge is 2.06. The summed E-state index contributed by atoms with van der Waals surface area (Å²) in [6.07, 6.45) is 0. The fraction of sp³-hybridized carbons (Fsp3) is 0.0526. The summed E-state index contributed by atoms with van der Waals surface area (Å²) in [5, 5.41) is 15.2. The number of rotatable bonds is 4. The maximum atomic E-state index is 11.8. The van der Waals surface area contributed by atoms with E-state index in [0.717, 1.165) is 5.69 Å². The summed E-state index contributed by atoms with van der Waals surface area (Å²) in [5.74, 6) is 0. The van der Waals surface area contributed by atoms with E-state index in [1.165, 1.54) is 16.7 Å². The molecule has 0 aliphatic rings. The van der Waals surface area contributed by atoms with Gasteiger partial charge in [-0.2, -0.15) is 16.4 Å². The van der Waals surface area contributed by atoms with Gasteiger partial charge < -0.3 is 5.32 Å². The van der Waals surface area contributed by atoms with Gasteiger partial charge in [0, 0.05) is 17.6 Å². The molecule has 0 unspecified atom stereocenters. The number of halogens is 1. The van der Waals surface area contributed by atoms with E-state index in [-0.39, 0.29) is 10.7 Å². The molecule has 0 saturated heterocycles. The summed E-state index contributed by atoms with van der Waals surface area (Å²) in [6, 6.07) is 16.0. The molecule has 25 heavy (non-hydrogen) atoms. The summed E-state index contributed by atoms with van der Waals surface area (Å²) in [6.45, 7) is 0.678. The molecule has 0 bridgehead atoms. The first kappa shape index (κ1) is 15.9. The fourth-order valence-electron chi connectivity index (χ4n) is 2.74. The Morgan fingerprint density at radius 1 is 1.08 bits per heavy atom. The third kappa shape index (κ3) is 3.29. The van der Waals surface area contributed by atoms with E-state index >= 15 is 0 Å². The van der Waals surface area contributed by atoms with Crippen molar-refractivity contribution in [1.29, 1.82) is 0 Å². The SMILES string of the molecule is O=c1[nH]nc(Cl)c2cc(NCc3cccc(-c4ccsc4)c3)ccc12. The van der Waals surface area contributed by atoms with E-state index < -0.39 is 0 Å². The molecule has 4 aromatic rings. The van der Waals surface area contributed by atoms with Crippen LogP contribution in [0.4, 0.5) is 5.69 Å². The molecule has 0 saturated carbocycles. The lowest BCUT2D eigenvalue weighted by atomic mass is 10.1. The van der Waals surface area contributed by atoms with Crippen LogP contribution >= 0.6 is 22.9 Å². The Kier molecular flexibility index (Phi) is 4.26. The van der Waals surface area contributed by atoms with Crippen molar-refractivity contribution in [2.75, 3.05) is 5.32 Å². The van der Waals surface area contributed by atoms with Crippen LogP contribution in [-0.2, 0) is 6.54 Å². The van der Waals surface area contributed by atoms with E-state index in [9.17, 15) is 4.79 Å². The van der Waals surface area contributed by atoms with Crippen molar-refractivity contribution >= 4 is 39.4 Å². The first-order valence-corrected chi connectivity index (χ1v) is 9.06. The molecule has 0 aliphatic carbocycles. The Morgan fingerprint density at radius 3 is 2.84 bits per heavy atom. The van der Waals surface area contributed by atoms with Gasteiger partial charge in [-0.05, 0) is 57.8 Å². The number of nitrogens with zero attached hydrogens (tertiary/aromatic N) is 1. The molecule has 0 amide bonds. The van der Waals surface area contributed by atoms with Gasteiger partial charge in [0.05, 0.1) is 5.39 Å². The summed E-state index contributed by atoms with van der Waals surface area (Å²) in [5.41, 5.74) is 4.27. The monoisotopic (exact) mass is 367 g/mol. The molecule has 2 N–H and O–H groups in total. The van der Waals surface area contributed by atoms with Crippen molar-refractivity contribution in [2.24, 2.45) is 0 Å². The van der Waals surface area contributed by atoms with Crippen molar-refractivity contribution in [2.45, 2.75) is 6.54 Å². The van der Waals surface area contributed by atoms with Crippen molar-refractivity contribution < 1.29 is 0 Å². The van der Waals surface area contributed by atoms with Gasteiger partial charge in [0.15, 0.2) is 5.15 Å². The Balaban J connectivity index is 1.57. The van der Waals surface area contributed by atoms with E-state index in [1.54, 1.807) is 17.4 Å². The van der Waals surface area contributed by atoms with Crippen LogP contribution in [0.15, 0.2) is 64.1 Å². The summed E-state index contributed by atoms with van der Waals surface area (Å²) in [4.78, 5) is 11.8. The number of nitrogens with one attached hydrogen (secondary N) is 2. The largest absolute Gasteiger partial charge is 0.381 e. The first-order chi connectivity index (χ1) is 12.2. The third-order valence-corrected chi connectivity index (χ3v) is 4.99. The van der Waals surface area contributed by atoms with Gasteiger partial charge in [-0.15, -0.1) is 0 Å². The van der Waals surface area contributed by atoms with Crippen LogP contribution in [0.1, 0.15) is 5.56 Å². The minimum Gasteiger partial charge on any atom is -0.381 e. The van der Waals surface area contributed by atoms with Gasteiger partial charge in [-0.3, -0.25) is 4.79 Å². The van der Waals surface area contributed by atoms with Crippen molar-refractivity contribution in [3.8, 4) is 11.1 Å². The molecule has 2 aromatic heterocycles. The highest BCUT2D eigenvalue weighted by Crippen LogP contribution is 2.24. The van der Waals surface area contributed by atoms with E-state index in [2.05, 4.69) is 56.6 Å². The lowest BCUT2D eigenvalue weighted by molar-refractivity contribution is 1.01. The fourth-order valence-corrected chi connectivity index (χ4v) is 3.60. The molecular weight excluding hydrogens is 354 g/mol. The summed E-state index contributed by atoms with van der Waals surface area (Å²) >= 11 is 7.78. The number of hydrogen-bond acceptors (Lipinski definition) is 4. The van der Waals surface area contributed by atoms with Crippen LogP contribution < -0.4 is 10.9 Å². The number of fused-ring (bicyclic) bond motifs is 1. The molecule has 124 valence electrons. The van der Waals surface area contributed by atoms with Gasteiger partial charge in [0.25, 0.3) is 5.56 Å². The van der Waals surface area contributed by atoms with Crippen LogP contribution in [0, 0.1) is 0 Å². The Morgan fingerprint density at radius 2 is 2.00 bits per heavy atom. The maximum absolute atomic E-state index is 11.8. The van der Waals surface area contributed by atoms with Gasteiger partial charge in [0.2, 0.25) is 0 Å². The Labute approximate surface area is 153 Å². The highest BCUT2D eigenvalue weighted by molar-refractivity contribution is 7.08. The zero-order chi connectivity index (χ0) is 17.2. The van der Waals surface area contributed by atoms with Gasteiger partial charge in [-0.1, -0.05) is 29.8 Å². The number of H-pyrrole nitrogens is 1. The van der Waals surface area contributed by atoms with Crippen molar-refractivity contribution in [3.05, 3.63) is 80.4 Å². The minimum absolute atomic E-state index is 0.241. The van der Waals surface area contributed by atoms with Crippen LogP contribution in [0.5, 0.6) is 0 Å². The van der Waals surface area contributed by atoms with Crippen molar-refractivity contribution in [3.63, 3.8) is 0 Å². The van der Waals surface area contributed by atoms with Crippen molar-refractivity contribution in [1.82, 2.24) is 10.2 Å². The predicted molar refractivity (Wildman–Crippen MR) is 104 cm³/mol. The van der Waals surface area contributed by atoms with Gasteiger partial charge in [-0.25, -0.2) is 5.10 Å². The van der Waals surface area contributed by atoms with Crippen LogP contribution in [-0.4, -0.2) is 10.2 Å². The molecule has 2 heterocycles. The standard InChI is InChI=1S/C19H14ClN3OS/c20-18-17-9-15(4-5-16(17)19(24)23-22-18)21-10-12-2-1-3-13(8-12)14-6-7-25-11-14/h1-9,11,21H,10H2,(H,23,24). The first-order valence-electron chi connectivity index (χ1n) is 7.74. The predicted octanol–water partition coefficient (Wildman–Crippen LogP) is 4.92. The maximum Gasteiger partial charge on any atom is 0.272 e. The zero-order valence-electron chi connectivity index (χ0n) is 13.1. The Hall–Kier alpha value is -2.63. The smallest absolute Gasteiger partial charge is 0.272 e.